The topological polar surface area (TPSA) is 41.6 Å². The Morgan fingerprint density at radius 3 is 2.63 bits per heavy atom. The van der Waals surface area contributed by atoms with E-state index in [0.29, 0.717) is 58.2 Å². The SMILES string of the molecule is Cc1c(C(=O)Nc2ccc(N3CCOCC3)c(F)c2)sc2cccc(F)c12. The summed E-state index contributed by atoms with van der Waals surface area (Å²) in [6.45, 7) is 4.13. The van der Waals surface area contributed by atoms with E-state index in [2.05, 4.69) is 5.32 Å². The van der Waals surface area contributed by atoms with Crippen LogP contribution in [0.15, 0.2) is 36.4 Å². The van der Waals surface area contributed by atoms with E-state index >= 15 is 0 Å². The molecule has 1 aliphatic heterocycles. The van der Waals surface area contributed by atoms with Crippen LogP contribution in [0.2, 0.25) is 0 Å². The molecule has 27 heavy (non-hydrogen) atoms. The van der Waals surface area contributed by atoms with Crippen LogP contribution < -0.4 is 10.2 Å². The third-order valence-corrected chi connectivity index (χ3v) is 5.92. The molecule has 0 atom stereocenters. The minimum Gasteiger partial charge on any atom is -0.378 e. The first-order chi connectivity index (χ1) is 13.0. The molecule has 7 heteroatoms. The summed E-state index contributed by atoms with van der Waals surface area (Å²) in [6.07, 6.45) is 0. The van der Waals surface area contributed by atoms with Crippen molar-refractivity contribution in [2.45, 2.75) is 6.92 Å². The summed E-state index contributed by atoms with van der Waals surface area (Å²) in [4.78, 5) is 15.0. The number of nitrogens with one attached hydrogen (secondary N) is 1. The van der Waals surface area contributed by atoms with Gasteiger partial charge in [0.25, 0.3) is 5.91 Å². The lowest BCUT2D eigenvalue weighted by molar-refractivity contribution is 0.103. The van der Waals surface area contributed by atoms with Crippen LogP contribution in [0.1, 0.15) is 15.2 Å². The molecular formula is C20H18F2N2O2S. The lowest BCUT2D eigenvalue weighted by atomic mass is 10.1. The van der Waals surface area contributed by atoms with E-state index in [1.807, 2.05) is 4.90 Å². The van der Waals surface area contributed by atoms with Gasteiger partial charge < -0.3 is 15.0 Å². The molecule has 2 heterocycles. The predicted molar refractivity (Wildman–Crippen MR) is 104 cm³/mol. The molecule has 3 aromatic rings. The maximum absolute atomic E-state index is 14.5. The summed E-state index contributed by atoms with van der Waals surface area (Å²) in [5.41, 5.74) is 1.46. The quantitative estimate of drug-likeness (QED) is 0.714. The van der Waals surface area contributed by atoms with Crippen LogP contribution in [0.25, 0.3) is 10.1 Å². The number of amides is 1. The lowest BCUT2D eigenvalue weighted by Crippen LogP contribution is -2.36. The number of carbonyl (C=O) groups excluding carboxylic acids is 1. The highest BCUT2D eigenvalue weighted by atomic mass is 32.1. The van der Waals surface area contributed by atoms with E-state index < -0.39 is 5.82 Å². The Labute approximate surface area is 159 Å². The molecule has 1 aromatic heterocycles. The Hall–Kier alpha value is -2.51. The summed E-state index contributed by atoms with van der Waals surface area (Å²) in [5, 5.41) is 3.18. The van der Waals surface area contributed by atoms with Gasteiger partial charge in [-0.1, -0.05) is 6.07 Å². The standard InChI is InChI=1S/C20H18F2N2O2S/c1-12-18-14(21)3-2-4-17(18)27-19(12)20(25)23-13-5-6-16(15(22)11-13)24-7-9-26-10-8-24/h2-6,11H,7-10H2,1H3,(H,23,25). The number of hydrogen-bond acceptors (Lipinski definition) is 4. The number of ether oxygens (including phenoxy) is 1. The molecule has 0 unspecified atom stereocenters. The Kier molecular flexibility index (Phi) is 4.80. The zero-order valence-electron chi connectivity index (χ0n) is 14.7. The monoisotopic (exact) mass is 388 g/mol. The number of rotatable bonds is 3. The molecule has 1 amide bonds. The second kappa shape index (κ2) is 7.25. The van der Waals surface area contributed by atoms with Crippen molar-refractivity contribution in [2.24, 2.45) is 0 Å². The summed E-state index contributed by atoms with van der Waals surface area (Å²) in [7, 11) is 0. The van der Waals surface area contributed by atoms with E-state index in [4.69, 9.17) is 4.74 Å². The van der Waals surface area contributed by atoms with Gasteiger partial charge >= 0.3 is 0 Å². The normalized spacial score (nSPS) is 14.6. The van der Waals surface area contributed by atoms with Gasteiger partial charge in [0.05, 0.1) is 23.8 Å². The number of morpholine rings is 1. The molecule has 4 rings (SSSR count). The van der Waals surface area contributed by atoms with E-state index in [0.717, 1.165) is 0 Å². The first-order valence-corrected chi connectivity index (χ1v) is 9.47. The third kappa shape index (κ3) is 3.40. The molecule has 0 aliphatic carbocycles. The maximum Gasteiger partial charge on any atom is 0.266 e. The number of halogens is 2. The van der Waals surface area contributed by atoms with Crippen LogP contribution in [0, 0.1) is 18.6 Å². The number of anilines is 2. The highest BCUT2D eigenvalue weighted by Gasteiger charge is 2.19. The average Bonchev–Trinajstić information content (AvgIpc) is 3.01. The van der Waals surface area contributed by atoms with E-state index in [-0.39, 0.29) is 11.7 Å². The van der Waals surface area contributed by atoms with Gasteiger partial charge in [-0.05, 0) is 42.8 Å². The Morgan fingerprint density at radius 1 is 1.15 bits per heavy atom. The van der Waals surface area contributed by atoms with Gasteiger partial charge in [-0.25, -0.2) is 8.78 Å². The van der Waals surface area contributed by atoms with Crippen LogP contribution in [-0.4, -0.2) is 32.2 Å². The van der Waals surface area contributed by atoms with E-state index in [1.165, 1.54) is 23.5 Å². The van der Waals surface area contributed by atoms with Crippen molar-refractivity contribution in [3.63, 3.8) is 0 Å². The minimum atomic E-state index is -0.395. The molecule has 1 N–H and O–H groups in total. The van der Waals surface area contributed by atoms with Crippen LogP contribution in [-0.2, 0) is 4.74 Å². The number of thiophene rings is 1. The zero-order valence-corrected chi connectivity index (χ0v) is 15.5. The van der Waals surface area contributed by atoms with Crippen molar-refractivity contribution in [2.75, 3.05) is 36.5 Å². The molecule has 2 aromatic carbocycles. The van der Waals surface area contributed by atoms with Crippen LogP contribution in [0.5, 0.6) is 0 Å². The molecule has 0 saturated carbocycles. The molecule has 1 saturated heterocycles. The Morgan fingerprint density at radius 2 is 1.93 bits per heavy atom. The van der Waals surface area contributed by atoms with Crippen molar-refractivity contribution in [1.82, 2.24) is 0 Å². The van der Waals surface area contributed by atoms with Crippen molar-refractivity contribution in [3.8, 4) is 0 Å². The van der Waals surface area contributed by atoms with Gasteiger partial charge in [0, 0.05) is 28.9 Å². The average molecular weight is 388 g/mol. The number of benzene rings is 2. The fraction of sp³-hybridized carbons (Fsp3) is 0.250. The lowest BCUT2D eigenvalue weighted by Gasteiger charge is -2.29. The summed E-state index contributed by atoms with van der Waals surface area (Å²) in [5.74, 6) is -1.11. The predicted octanol–water partition coefficient (Wildman–Crippen LogP) is 4.58. The first-order valence-electron chi connectivity index (χ1n) is 8.66. The molecule has 140 valence electrons. The Balaban J connectivity index is 1.57. The Bertz CT molecular complexity index is 1010. The van der Waals surface area contributed by atoms with Crippen molar-refractivity contribution in [3.05, 3.63) is 58.5 Å². The molecule has 0 bridgehead atoms. The summed E-state index contributed by atoms with van der Waals surface area (Å²) < 4.78 is 34.5. The molecular weight excluding hydrogens is 370 g/mol. The van der Waals surface area contributed by atoms with Crippen molar-refractivity contribution in [1.29, 1.82) is 0 Å². The molecule has 1 fully saturated rings. The fourth-order valence-corrected chi connectivity index (χ4v) is 4.42. The van der Waals surface area contributed by atoms with Gasteiger partial charge in [0.1, 0.15) is 11.6 Å². The van der Waals surface area contributed by atoms with Crippen LogP contribution >= 0.6 is 11.3 Å². The molecule has 4 nitrogen and oxygen atoms in total. The van der Waals surface area contributed by atoms with Gasteiger partial charge in [0.2, 0.25) is 0 Å². The zero-order chi connectivity index (χ0) is 19.0. The molecule has 0 spiro atoms. The molecule has 0 radical (unpaired) electrons. The van der Waals surface area contributed by atoms with Crippen LogP contribution in [0.3, 0.4) is 0 Å². The van der Waals surface area contributed by atoms with Gasteiger partial charge in [-0.15, -0.1) is 11.3 Å². The second-order valence-electron chi connectivity index (χ2n) is 6.39. The smallest absolute Gasteiger partial charge is 0.266 e. The van der Waals surface area contributed by atoms with E-state index in [1.54, 1.807) is 31.2 Å². The van der Waals surface area contributed by atoms with Gasteiger partial charge in [-0.2, -0.15) is 0 Å². The van der Waals surface area contributed by atoms with Gasteiger partial charge in [-0.3, -0.25) is 4.79 Å². The maximum atomic E-state index is 14.5. The largest absolute Gasteiger partial charge is 0.378 e. The first kappa shape index (κ1) is 17.9. The highest BCUT2D eigenvalue weighted by molar-refractivity contribution is 7.21. The summed E-state index contributed by atoms with van der Waals surface area (Å²) in [6, 6.07) is 9.43. The number of nitrogens with zero attached hydrogens (tertiary/aromatic N) is 1. The van der Waals surface area contributed by atoms with Crippen molar-refractivity contribution < 1.29 is 18.3 Å². The van der Waals surface area contributed by atoms with Crippen LogP contribution in [0.4, 0.5) is 20.2 Å². The molecule has 1 aliphatic rings. The number of aryl methyl sites for hydroxylation is 1. The number of fused-ring (bicyclic) bond motifs is 1. The minimum absolute atomic E-state index is 0.346. The second-order valence-corrected chi connectivity index (χ2v) is 7.44. The number of carbonyl (C=O) groups is 1. The van der Waals surface area contributed by atoms with Gasteiger partial charge in [0.15, 0.2) is 0 Å². The van der Waals surface area contributed by atoms with E-state index in [9.17, 15) is 13.6 Å². The summed E-state index contributed by atoms with van der Waals surface area (Å²) >= 11 is 1.23. The fourth-order valence-electron chi connectivity index (χ4n) is 3.30. The number of hydrogen-bond donors (Lipinski definition) is 1. The van der Waals surface area contributed by atoms with Crippen molar-refractivity contribution >= 4 is 38.7 Å². The third-order valence-electron chi connectivity index (χ3n) is 4.67. The highest BCUT2D eigenvalue weighted by Crippen LogP contribution is 2.33.